The zero-order valence-electron chi connectivity index (χ0n) is 18.3. The predicted octanol–water partition coefficient (Wildman–Crippen LogP) is 5.33. The molecule has 1 aromatic heterocycles. The fraction of sp³-hybridized carbons (Fsp3) is 0.375. The second kappa shape index (κ2) is 9.94. The number of hydrogen-bond donors (Lipinski definition) is 1. The van der Waals surface area contributed by atoms with Crippen LogP contribution in [0.3, 0.4) is 0 Å². The molecule has 1 atom stereocenters. The average molecular weight is 423 g/mol. The van der Waals surface area contributed by atoms with Gasteiger partial charge in [-0.05, 0) is 44.4 Å². The minimum atomic E-state index is -0.208. The van der Waals surface area contributed by atoms with Crippen molar-refractivity contribution in [2.24, 2.45) is 5.92 Å². The van der Waals surface area contributed by atoms with E-state index in [-0.39, 0.29) is 17.9 Å². The quantitative estimate of drug-likeness (QED) is 0.498. The number of carbonyl (C=O) groups excluding carboxylic acids is 1. The lowest BCUT2D eigenvalue weighted by molar-refractivity contribution is 0.0922. The maximum absolute atomic E-state index is 12.8. The van der Waals surface area contributed by atoms with E-state index in [0.717, 1.165) is 28.8 Å². The highest BCUT2D eigenvalue weighted by molar-refractivity contribution is 7.98. The number of aromatic nitrogens is 3. The molecule has 0 aliphatic carbocycles. The van der Waals surface area contributed by atoms with Gasteiger partial charge in [-0.2, -0.15) is 0 Å². The second-order valence-corrected chi connectivity index (χ2v) is 8.86. The molecule has 0 saturated heterocycles. The lowest BCUT2D eigenvalue weighted by Gasteiger charge is -2.22. The number of carbonyl (C=O) groups is 1. The zero-order valence-corrected chi connectivity index (χ0v) is 19.2. The highest BCUT2D eigenvalue weighted by Gasteiger charge is 2.26. The van der Waals surface area contributed by atoms with Crippen molar-refractivity contribution < 1.29 is 4.79 Å². The Balaban J connectivity index is 1.78. The molecule has 0 radical (unpaired) electrons. The van der Waals surface area contributed by atoms with Crippen LogP contribution in [0.1, 0.15) is 59.7 Å². The zero-order chi connectivity index (χ0) is 21.7. The molecule has 0 bridgehead atoms. The summed E-state index contributed by atoms with van der Waals surface area (Å²) >= 11 is 1.67. The molecule has 30 heavy (non-hydrogen) atoms. The Morgan fingerprint density at radius 1 is 1.00 bits per heavy atom. The third kappa shape index (κ3) is 5.30. The Hall–Kier alpha value is -2.60. The lowest BCUT2D eigenvalue weighted by atomic mass is 10.0. The summed E-state index contributed by atoms with van der Waals surface area (Å²) in [6.07, 6.45) is 0. The van der Waals surface area contributed by atoms with Crippen molar-refractivity contribution in [1.82, 2.24) is 20.1 Å². The standard InChI is InChI=1S/C24H30N4OS/c1-6-28-22(26-27-24(28)30-15-19-11-7-17(4)8-12-19)21(16(2)3)25-23(29)20-13-9-18(5)10-14-20/h7-14,16,21H,6,15H2,1-5H3,(H,25,29). The Bertz CT molecular complexity index is 977. The molecule has 0 aliphatic heterocycles. The highest BCUT2D eigenvalue weighted by Crippen LogP contribution is 2.27. The van der Waals surface area contributed by atoms with Gasteiger partial charge in [0.1, 0.15) is 0 Å². The fourth-order valence-corrected chi connectivity index (χ4v) is 4.19. The van der Waals surface area contributed by atoms with Crippen molar-refractivity contribution in [3.63, 3.8) is 0 Å². The van der Waals surface area contributed by atoms with E-state index in [4.69, 9.17) is 0 Å². The summed E-state index contributed by atoms with van der Waals surface area (Å²) in [6, 6.07) is 16.0. The molecule has 1 unspecified atom stereocenters. The Labute approximate surface area is 183 Å². The van der Waals surface area contributed by atoms with Gasteiger partial charge in [0.2, 0.25) is 0 Å². The van der Waals surface area contributed by atoms with E-state index in [1.165, 1.54) is 11.1 Å². The monoisotopic (exact) mass is 422 g/mol. The lowest BCUT2D eigenvalue weighted by Crippen LogP contribution is -2.33. The first-order chi connectivity index (χ1) is 14.4. The van der Waals surface area contributed by atoms with Crippen LogP contribution in [-0.4, -0.2) is 20.7 Å². The van der Waals surface area contributed by atoms with Crippen molar-refractivity contribution in [2.75, 3.05) is 0 Å². The van der Waals surface area contributed by atoms with E-state index < -0.39 is 0 Å². The van der Waals surface area contributed by atoms with Crippen LogP contribution < -0.4 is 5.32 Å². The molecule has 0 aliphatic rings. The van der Waals surface area contributed by atoms with E-state index >= 15 is 0 Å². The van der Waals surface area contributed by atoms with Crippen LogP contribution in [0.5, 0.6) is 0 Å². The van der Waals surface area contributed by atoms with Crippen molar-refractivity contribution in [1.29, 1.82) is 0 Å². The molecular weight excluding hydrogens is 392 g/mol. The van der Waals surface area contributed by atoms with Crippen molar-refractivity contribution in [2.45, 2.75) is 58.1 Å². The van der Waals surface area contributed by atoms with E-state index in [9.17, 15) is 4.79 Å². The molecule has 2 aromatic carbocycles. The molecule has 3 rings (SSSR count). The van der Waals surface area contributed by atoms with Crippen LogP contribution in [0.15, 0.2) is 53.7 Å². The first kappa shape index (κ1) is 22.1. The van der Waals surface area contributed by atoms with Crippen LogP contribution in [0.4, 0.5) is 0 Å². The summed E-state index contributed by atoms with van der Waals surface area (Å²) in [7, 11) is 0. The van der Waals surface area contributed by atoms with Gasteiger partial charge in [-0.1, -0.05) is 73.1 Å². The Morgan fingerprint density at radius 2 is 1.60 bits per heavy atom. The molecule has 5 nitrogen and oxygen atoms in total. The van der Waals surface area contributed by atoms with Gasteiger partial charge in [0, 0.05) is 17.9 Å². The largest absolute Gasteiger partial charge is 0.342 e. The summed E-state index contributed by atoms with van der Waals surface area (Å²) < 4.78 is 2.11. The third-order valence-corrected chi connectivity index (χ3v) is 6.13. The fourth-order valence-electron chi connectivity index (χ4n) is 3.23. The van der Waals surface area contributed by atoms with Gasteiger partial charge in [0.15, 0.2) is 11.0 Å². The van der Waals surface area contributed by atoms with Gasteiger partial charge in [0.05, 0.1) is 6.04 Å². The minimum Gasteiger partial charge on any atom is -0.342 e. The van der Waals surface area contributed by atoms with Crippen molar-refractivity contribution >= 4 is 17.7 Å². The van der Waals surface area contributed by atoms with Gasteiger partial charge in [0.25, 0.3) is 5.91 Å². The van der Waals surface area contributed by atoms with Crippen LogP contribution >= 0.6 is 11.8 Å². The molecule has 1 amide bonds. The van der Waals surface area contributed by atoms with Crippen molar-refractivity contribution in [3.8, 4) is 0 Å². The Kier molecular flexibility index (Phi) is 7.32. The number of rotatable bonds is 8. The van der Waals surface area contributed by atoms with E-state index in [0.29, 0.717) is 5.56 Å². The number of nitrogens with one attached hydrogen (secondary N) is 1. The number of benzene rings is 2. The highest BCUT2D eigenvalue weighted by atomic mass is 32.2. The first-order valence-corrected chi connectivity index (χ1v) is 11.4. The molecular formula is C24H30N4OS. The summed E-state index contributed by atoms with van der Waals surface area (Å²) in [5.41, 5.74) is 4.30. The maximum Gasteiger partial charge on any atom is 0.251 e. The number of amides is 1. The molecule has 3 aromatic rings. The smallest absolute Gasteiger partial charge is 0.251 e. The average Bonchev–Trinajstić information content (AvgIpc) is 3.14. The third-order valence-electron chi connectivity index (χ3n) is 5.10. The molecule has 6 heteroatoms. The molecule has 158 valence electrons. The minimum absolute atomic E-state index is 0.0896. The molecule has 1 heterocycles. The SMILES string of the molecule is CCn1c(SCc2ccc(C)cc2)nnc1C(NC(=O)c1ccc(C)cc1)C(C)C. The van der Waals surface area contributed by atoms with Gasteiger partial charge >= 0.3 is 0 Å². The Morgan fingerprint density at radius 3 is 2.17 bits per heavy atom. The van der Waals surface area contributed by atoms with Gasteiger partial charge in [-0.25, -0.2) is 0 Å². The van der Waals surface area contributed by atoms with Crippen LogP contribution in [0.2, 0.25) is 0 Å². The number of hydrogen-bond acceptors (Lipinski definition) is 4. The second-order valence-electron chi connectivity index (χ2n) is 7.92. The number of nitrogens with zero attached hydrogens (tertiary/aromatic N) is 3. The summed E-state index contributed by atoms with van der Waals surface area (Å²) in [6.45, 7) is 11.1. The number of aryl methyl sites for hydroxylation is 2. The van der Waals surface area contributed by atoms with E-state index in [1.807, 2.05) is 31.2 Å². The molecule has 0 spiro atoms. The van der Waals surface area contributed by atoms with Crippen LogP contribution in [0.25, 0.3) is 0 Å². The van der Waals surface area contributed by atoms with Crippen LogP contribution in [0, 0.1) is 19.8 Å². The van der Waals surface area contributed by atoms with Gasteiger partial charge < -0.3 is 9.88 Å². The normalized spacial score (nSPS) is 12.2. The van der Waals surface area contributed by atoms with E-state index in [2.05, 4.69) is 72.0 Å². The van der Waals surface area contributed by atoms with Crippen molar-refractivity contribution in [3.05, 3.63) is 76.6 Å². The maximum atomic E-state index is 12.8. The summed E-state index contributed by atoms with van der Waals surface area (Å²) in [5.74, 6) is 1.73. The van der Waals surface area contributed by atoms with Gasteiger partial charge in [-0.3, -0.25) is 4.79 Å². The first-order valence-electron chi connectivity index (χ1n) is 10.4. The number of thioether (sulfide) groups is 1. The van der Waals surface area contributed by atoms with Crippen LogP contribution in [-0.2, 0) is 12.3 Å². The predicted molar refractivity (Wildman–Crippen MR) is 123 cm³/mol. The summed E-state index contributed by atoms with van der Waals surface area (Å²) in [5, 5.41) is 13.0. The molecule has 0 fully saturated rings. The molecule has 0 saturated carbocycles. The summed E-state index contributed by atoms with van der Waals surface area (Å²) in [4.78, 5) is 12.8. The van der Waals surface area contributed by atoms with Gasteiger partial charge in [-0.15, -0.1) is 10.2 Å². The molecule has 1 N–H and O–H groups in total. The topological polar surface area (TPSA) is 59.8 Å². The van der Waals surface area contributed by atoms with E-state index in [1.54, 1.807) is 11.8 Å².